The molecule has 1 aromatic carbocycles. The Morgan fingerprint density at radius 1 is 1.29 bits per heavy atom. The van der Waals surface area contributed by atoms with Gasteiger partial charge in [-0.3, -0.25) is 0 Å². The fourth-order valence-corrected chi connectivity index (χ4v) is 3.00. The van der Waals surface area contributed by atoms with Gasteiger partial charge in [0, 0.05) is 18.5 Å². The molecule has 5 heteroatoms. The van der Waals surface area contributed by atoms with Crippen molar-refractivity contribution in [1.29, 1.82) is 0 Å². The van der Waals surface area contributed by atoms with Crippen molar-refractivity contribution < 1.29 is 13.5 Å². The molecule has 0 aromatic heterocycles. The molecule has 21 heavy (non-hydrogen) atoms. The van der Waals surface area contributed by atoms with Crippen molar-refractivity contribution in [2.45, 2.75) is 39.0 Å². The summed E-state index contributed by atoms with van der Waals surface area (Å²) in [7, 11) is -3.59. The van der Waals surface area contributed by atoms with E-state index in [0.29, 0.717) is 18.5 Å². The van der Waals surface area contributed by atoms with Crippen LogP contribution in [-0.2, 0) is 10.0 Å². The second kappa shape index (κ2) is 7.08. The molecule has 0 spiro atoms. The number of benzene rings is 1. The van der Waals surface area contributed by atoms with E-state index in [4.69, 9.17) is 5.11 Å². The number of aliphatic hydroxyl groups is 1. The third-order valence-corrected chi connectivity index (χ3v) is 4.14. The van der Waals surface area contributed by atoms with Crippen LogP contribution in [0.15, 0.2) is 23.1 Å². The molecular formula is C16H23NO3S. The van der Waals surface area contributed by atoms with Crippen LogP contribution in [0, 0.1) is 24.2 Å². The smallest absolute Gasteiger partial charge is 0.241 e. The van der Waals surface area contributed by atoms with Crippen LogP contribution < -0.4 is 4.72 Å². The first-order valence-electron chi connectivity index (χ1n) is 6.86. The maximum Gasteiger partial charge on any atom is 0.241 e. The Kier molecular flexibility index (Phi) is 5.97. The van der Waals surface area contributed by atoms with E-state index >= 15 is 0 Å². The fourth-order valence-electron chi connectivity index (χ4n) is 1.58. The summed E-state index contributed by atoms with van der Waals surface area (Å²) < 4.78 is 27.5. The molecule has 1 rings (SSSR count). The van der Waals surface area contributed by atoms with E-state index in [1.54, 1.807) is 18.2 Å². The normalized spacial score (nSPS) is 11.9. The third-order valence-electron chi connectivity index (χ3n) is 2.68. The molecule has 0 heterocycles. The molecule has 0 aliphatic rings. The van der Waals surface area contributed by atoms with Crippen molar-refractivity contribution >= 4 is 10.0 Å². The Labute approximate surface area is 127 Å². The first-order valence-corrected chi connectivity index (χ1v) is 8.34. The topological polar surface area (TPSA) is 66.4 Å². The molecule has 1 aromatic rings. The molecule has 4 nitrogen and oxygen atoms in total. The SMILES string of the molecule is Cc1ccc(S(=O)(=O)NCC(C)(C)C)c(C#CCCO)c1. The van der Waals surface area contributed by atoms with E-state index in [-0.39, 0.29) is 16.9 Å². The first kappa shape index (κ1) is 17.7. The van der Waals surface area contributed by atoms with Crippen molar-refractivity contribution in [2.24, 2.45) is 5.41 Å². The van der Waals surface area contributed by atoms with Gasteiger partial charge < -0.3 is 5.11 Å². The lowest BCUT2D eigenvalue weighted by atomic mass is 9.98. The third kappa shape index (κ3) is 5.88. The molecule has 0 aliphatic carbocycles. The molecule has 0 fully saturated rings. The summed E-state index contributed by atoms with van der Waals surface area (Å²) in [6, 6.07) is 5.07. The van der Waals surface area contributed by atoms with Gasteiger partial charge in [0.1, 0.15) is 0 Å². The number of rotatable bonds is 4. The number of hydrogen-bond acceptors (Lipinski definition) is 3. The fraction of sp³-hybridized carbons (Fsp3) is 0.500. The zero-order chi connectivity index (χ0) is 16.1. The minimum absolute atomic E-state index is 0.0385. The minimum atomic E-state index is -3.59. The van der Waals surface area contributed by atoms with Gasteiger partial charge in [0.05, 0.1) is 11.5 Å². The highest BCUT2D eigenvalue weighted by atomic mass is 32.2. The van der Waals surface area contributed by atoms with Crippen molar-refractivity contribution in [3.8, 4) is 11.8 Å². The van der Waals surface area contributed by atoms with Gasteiger partial charge in [-0.15, -0.1) is 0 Å². The van der Waals surface area contributed by atoms with Crippen LogP contribution in [0.5, 0.6) is 0 Å². The number of sulfonamides is 1. The lowest BCUT2D eigenvalue weighted by Gasteiger charge is -2.19. The van der Waals surface area contributed by atoms with Crippen molar-refractivity contribution in [2.75, 3.05) is 13.2 Å². The maximum atomic E-state index is 12.4. The molecule has 0 saturated heterocycles. The zero-order valence-corrected chi connectivity index (χ0v) is 13.8. The lowest BCUT2D eigenvalue weighted by molar-refractivity contribution is 0.305. The number of aliphatic hydroxyl groups excluding tert-OH is 1. The molecule has 116 valence electrons. The molecule has 0 unspecified atom stereocenters. The van der Waals surface area contributed by atoms with Crippen LogP contribution in [0.1, 0.15) is 38.3 Å². The summed E-state index contributed by atoms with van der Waals surface area (Å²) in [6.45, 7) is 8.10. The molecule has 0 radical (unpaired) electrons. The van der Waals surface area contributed by atoms with Crippen LogP contribution >= 0.6 is 0 Å². The van der Waals surface area contributed by atoms with E-state index in [9.17, 15) is 8.42 Å². The highest BCUT2D eigenvalue weighted by molar-refractivity contribution is 7.89. The molecular weight excluding hydrogens is 286 g/mol. The van der Waals surface area contributed by atoms with Gasteiger partial charge in [0.2, 0.25) is 10.0 Å². The van der Waals surface area contributed by atoms with E-state index in [2.05, 4.69) is 16.6 Å². The maximum absolute atomic E-state index is 12.4. The largest absolute Gasteiger partial charge is 0.395 e. The Morgan fingerprint density at radius 3 is 2.52 bits per heavy atom. The number of hydrogen-bond donors (Lipinski definition) is 2. The van der Waals surface area contributed by atoms with Gasteiger partial charge in [-0.2, -0.15) is 0 Å². The van der Waals surface area contributed by atoms with Crippen molar-refractivity contribution in [3.63, 3.8) is 0 Å². The predicted octanol–water partition coefficient (Wildman–Crippen LogP) is 2.05. The summed E-state index contributed by atoms with van der Waals surface area (Å²) in [6.07, 6.45) is 0.322. The van der Waals surface area contributed by atoms with E-state index in [1.807, 2.05) is 27.7 Å². The summed E-state index contributed by atoms with van der Waals surface area (Å²) in [5.74, 6) is 5.60. The average Bonchev–Trinajstić information content (AvgIpc) is 2.36. The molecule has 0 amide bonds. The van der Waals surface area contributed by atoms with E-state index in [1.165, 1.54) is 0 Å². The van der Waals surface area contributed by atoms with Gasteiger partial charge >= 0.3 is 0 Å². The summed E-state index contributed by atoms with van der Waals surface area (Å²) >= 11 is 0. The Hall–Kier alpha value is -1.35. The average molecular weight is 309 g/mol. The van der Waals surface area contributed by atoms with Gasteiger partial charge in [-0.05, 0) is 30.0 Å². The van der Waals surface area contributed by atoms with Crippen molar-refractivity contribution in [3.05, 3.63) is 29.3 Å². The van der Waals surface area contributed by atoms with Crippen LogP contribution in [0.25, 0.3) is 0 Å². The summed E-state index contributed by atoms with van der Waals surface area (Å²) in [5, 5.41) is 8.77. The van der Waals surface area contributed by atoms with Gasteiger partial charge in [0.25, 0.3) is 0 Å². The second-order valence-electron chi connectivity index (χ2n) is 6.16. The van der Waals surface area contributed by atoms with Crippen LogP contribution in [0.4, 0.5) is 0 Å². The number of nitrogens with one attached hydrogen (secondary N) is 1. The summed E-state index contributed by atoms with van der Waals surface area (Å²) in [5.41, 5.74) is 1.27. The monoisotopic (exact) mass is 309 g/mol. The minimum Gasteiger partial charge on any atom is -0.395 e. The Balaban J connectivity index is 3.14. The van der Waals surface area contributed by atoms with Crippen LogP contribution in [-0.4, -0.2) is 26.7 Å². The molecule has 0 atom stereocenters. The molecule has 0 saturated carbocycles. The predicted molar refractivity (Wildman–Crippen MR) is 84.4 cm³/mol. The summed E-state index contributed by atoms with van der Waals surface area (Å²) in [4.78, 5) is 0.183. The van der Waals surface area contributed by atoms with Gasteiger partial charge in [-0.1, -0.05) is 38.7 Å². The van der Waals surface area contributed by atoms with E-state index < -0.39 is 10.0 Å². The number of aryl methyl sites for hydroxylation is 1. The van der Waals surface area contributed by atoms with E-state index in [0.717, 1.165) is 5.56 Å². The van der Waals surface area contributed by atoms with Gasteiger partial charge in [0.15, 0.2) is 0 Å². The second-order valence-corrected chi connectivity index (χ2v) is 7.90. The Bertz CT molecular complexity index is 646. The Morgan fingerprint density at radius 2 is 1.95 bits per heavy atom. The highest BCUT2D eigenvalue weighted by Crippen LogP contribution is 2.18. The highest BCUT2D eigenvalue weighted by Gasteiger charge is 2.20. The van der Waals surface area contributed by atoms with Crippen molar-refractivity contribution in [1.82, 2.24) is 4.72 Å². The standard InChI is InChI=1S/C16H23NO3S/c1-13-8-9-15(14(11-13)7-5-6-10-18)21(19,20)17-12-16(2,3)4/h8-9,11,17-18H,6,10,12H2,1-4H3. The lowest BCUT2D eigenvalue weighted by Crippen LogP contribution is -2.32. The quantitative estimate of drug-likeness (QED) is 0.837. The molecule has 2 N–H and O–H groups in total. The molecule has 0 bridgehead atoms. The molecule has 0 aliphatic heterocycles. The zero-order valence-electron chi connectivity index (χ0n) is 13.0. The van der Waals surface area contributed by atoms with Crippen LogP contribution in [0.3, 0.4) is 0 Å². The first-order chi connectivity index (χ1) is 9.65. The van der Waals surface area contributed by atoms with Gasteiger partial charge in [-0.25, -0.2) is 13.1 Å². The van der Waals surface area contributed by atoms with Crippen LogP contribution in [0.2, 0.25) is 0 Å².